The molecule has 13 heavy (non-hydrogen) atoms. The van der Waals surface area contributed by atoms with E-state index in [1.807, 2.05) is 6.92 Å². The molecule has 0 spiro atoms. The molecule has 0 saturated heterocycles. The van der Waals surface area contributed by atoms with Gasteiger partial charge in [-0.1, -0.05) is 13.8 Å². The lowest BCUT2D eigenvalue weighted by Gasteiger charge is -2.15. The standard InChI is InChI=1S/C9H15NO2S/c1-6(2)7-10-9(3,5-13-7)8(11)12-4/h6H,5H2,1-4H3/t9-/m0/s1. The number of nitrogens with zero attached hydrogens (tertiary/aromatic N) is 1. The summed E-state index contributed by atoms with van der Waals surface area (Å²) < 4.78 is 4.71. The average molecular weight is 201 g/mol. The number of ether oxygens (including phenoxy) is 1. The Kier molecular flexibility index (Phi) is 3.01. The highest BCUT2D eigenvalue weighted by Gasteiger charge is 2.39. The maximum atomic E-state index is 11.4. The van der Waals surface area contributed by atoms with Crippen molar-refractivity contribution in [3.05, 3.63) is 0 Å². The molecule has 0 unspecified atom stereocenters. The third kappa shape index (κ3) is 2.05. The van der Waals surface area contributed by atoms with Crippen molar-refractivity contribution in [1.29, 1.82) is 0 Å². The molecule has 74 valence electrons. The first-order chi connectivity index (χ1) is 5.99. The summed E-state index contributed by atoms with van der Waals surface area (Å²) in [5.41, 5.74) is -0.654. The zero-order valence-electron chi connectivity index (χ0n) is 8.46. The van der Waals surface area contributed by atoms with E-state index in [0.717, 1.165) is 5.04 Å². The minimum absolute atomic E-state index is 0.240. The average Bonchev–Trinajstić information content (AvgIpc) is 2.48. The number of carbonyl (C=O) groups is 1. The van der Waals surface area contributed by atoms with E-state index in [9.17, 15) is 4.79 Å². The summed E-state index contributed by atoms with van der Waals surface area (Å²) in [5, 5.41) is 1.05. The molecule has 1 heterocycles. The van der Waals surface area contributed by atoms with Crippen LogP contribution in [-0.2, 0) is 9.53 Å². The SMILES string of the molecule is COC(=O)[C@]1(C)CSC(C(C)C)=N1. The Bertz CT molecular complexity index is 250. The lowest BCUT2D eigenvalue weighted by Crippen LogP contribution is -2.34. The van der Waals surface area contributed by atoms with E-state index in [4.69, 9.17) is 4.74 Å². The first-order valence-corrected chi connectivity index (χ1v) is 5.29. The van der Waals surface area contributed by atoms with Gasteiger partial charge in [0.25, 0.3) is 0 Å². The van der Waals surface area contributed by atoms with Crippen molar-refractivity contribution in [2.24, 2.45) is 10.9 Å². The van der Waals surface area contributed by atoms with Crippen molar-refractivity contribution >= 4 is 22.8 Å². The molecule has 0 aromatic heterocycles. The maximum Gasteiger partial charge on any atom is 0.334 e. The van der Waals surface area contributed by atoms with Crippen LogP contribution in [0.25, 0.3) is 0 Å². The molecule has 0 N–H and O–H groups in total. The number of thioether (sulfide) groups is 1. The zero-order chi connectivity index (χ0) is 10.1. The van der Waals surface area contributed by atoms with Crippen LogP contribution >= 0.6 is 11.8 Å². The van der Waals surface area contributed by atoms with Gasteiger partial charge in [-0.3, -0.25) is 4.99 Å². The number of hydrogen-bond acceptors (Lipinski definition) is 4. The van der Waals surface area contributed by atoms with E-state index in [-0.39, 0.29) is 5.97 Å². The quantitative estimate of drug-likeness (QED) is 0.638. The topological polar surface area (TPSA) is 38.7 Å². The second-order valence-corrected chi connectivity index (χ2v) is 4.65. The van der Waals surface area contributed by atoms with E-state index < -0.39 is 5.54 Å². The van der Waals surface area contributed by atoms with E-state index in [1.54, 1.807) is 11.8 Å². The highest BCUT2D eigenvalue weighted by Crippen LogP contribution is 2.31. The molecule has 0 bridgehead atoms. The van der Waals surface area contributed by atoms with E-state index >= 15 is 0 Å². The molecule has 0 fully saturated rings. The van der Waals surface area contributed by atoms with E-state index in [2.05, 4.69) is 18.8 Å². The summed E-state index contributed by atoms with van der Waals surface area (Å²) in [5.74, 6) is 0.861. The molecule has 0 aromatic rings. The Morgan fingerprint density at radius 3 is 2.69 bits per heavy atom. The van der Waals surface area contributed by atoms with Crippen molar-refractivity contribution in [1.82, 2.24) is 0 Å². The Hall–Kier alpha value is -0.510. The van der Waals surface area contributed by atoms with Gasteiger partial charge in [0.15, 0.2) is 5.54 Å². The summed E-state index contributed by atoms with van der Waals surface area (Å²) in [7, 11) is 1.40. The van der Waals surface area contributed by atoms with Crippen LogP contribution in [0.15, 0.2) is 4.99 Å². The van der Waals surface area contributed by atoms with E-state index in [1.165, 1.54) is 7.11 Å². The van der Waals surface area contributed by atoms with Gasteiger partial charge in [-0.05, 0) is 6.92 Å². The molecule has 0 saturated carbocycles. The van der Waals surface area contributed by atoms with Crippen LogP contribution in [0.4, 0.5) is 0 Å². The van der Waals surface area contributed by atoms with Crippen LogP contribution in [0, 0.1) is 5.92 Å². The van der Waals surface area contributed by atoms with Gasteiger partial charge in [-0.15, -0.1) is 11.8 Å². The predicted octanol–water partition coefficient (Wildman–Crippen LogP) is 1.72. The van der Waals surface area contributed by atoms with Gasteiger partial charge in [0.1, 0.15) is 0 Å². The highest BCUT2D eigenvalue weighted by atomic mass is 32.2. The second kappa shape index (κ2) is 3.70. The van der Waals surface area contributed by atoms with Gasteiger partial charge >= 0.3 is 5.97 Å². The zero-order valence-corrected chi connectivity index (χ0v) is 9.27. The molecule has 1 rings (SSSR count). The third-order valence-electron chi connectivity index (χ3n) is 1.98. The smallest absolute Gasteiger partial charge is 0.334 e. The number of rotatable bonds is 2. The van der Waals surface area contributed by atoms with E-state index in [0.29, 0.717) is 11.7 Å². The second-order valence-electron chi connectivity index (χ2n) is 3.66. The largest absolute Gasteiger partial charge is 0.467 e. The molecule has 1 aliphatic rings. The lowest BCUT2D eigenvalue weighted by atomic mass is 10.1. The summed E-state index contributed by atoms with van der Waals surface area (Å²) >= 11 is 1.65. The normalized spacial score (nSPS) is 27.6. The fourth-order valence-electron chi connectivity index (χ4n) is 1.14. The molecule has 3 nitrogen and oxygen atoms in total. The molecular weight excluding hydrogens is 186 g/mol. The van der Waals surface area contributed by atoms with Crippen LogP contribution < -0.4 is 0 Å². The number of carbonyl (C=O) groups excluding carboxylic acids is 1. The maximum absolute atomic E-state index is 11.4. The van der Waals surface area contributed by atoms with Gasteiger partial charge in [0.05, 0.1) is 12.2 Å². The predicted molar refractivity (Wildman–Crippen MR) is 55.2 cm³/mol. The van der Waals surface area contributed by atoms with Crippen molar-refractivity contribution in [3.63, 3.8) is 0 Å². The van der Waals surface area contributed by atoms with Crippen LogP contribution in [0.1, 0.15) is 20.8 Å². The summed E-state index contributed by atoms with van der Waals surface area (Å²) in [6.45, 7) is 5.98. The molecule has 4 heteroatoms. The first-order valence-electron chi connectivity index (χ1n) is 4.30. The third-order valence-corrected chi connectivity index (χ3v) is 3.54. The van der Waals surface area contributed by atoms with Crippen molar-refractivity contribution < 1.29 is 9.53 Å². The fraction of sp³-hybridized carbons (Fsp3) is 0.778. The van der Waals surface area contributed by atoms with Crippen molar-refractivity contribution in [2.45, 2.75) is 26.3 Å². The van der Waals surface area contributed by atoms with Gasteiger partial charge in [0, 0.05) is 11.7 Å². The Labute approximate surface area is 82.9 Å². The highest BCUT2D eigenvalue weighted by molar-refractivity contribution is 8.14. The molecule has 0 aromatic carbocycles. The van der Waals surface area contributed by atoms with Gasteiger partial charge in [0.2, 0.25) is 0 Å². The molecule has 1 aliphatic heterocycles. The lowest BCUT2D eigenvalue weighted by molar-refractivity contribution is -0.145. The molecule has 0 radical (unpaired) electrons. The Morgan fingerprint density at radius 2 is 2.31 bits per heavy atom. The first kappa shape index (κ1) is 10.6. The number of hydrogen-bond donors (Lipinski definition) is 0. The minimum Gasteiger partial charge on any atom is -0.467 e. The van der Waals surface area contributed by atoms with Crippen molar-refractivity contribution in [3.8, 4) is 0 Å². The summed E-state index contributed by atoms with van der Waals surface area (Å²) in [6, 6.07) is 0. The number of aliphatic imine (C=N–C) groups is 1. The van der Waals surface area contributed by atoms with Gasteiger partial charge < -0.3 is 4.74 Å². The van der Waals surface area contributed by atoms with Gasteiger partial charge in [-0.2, -0.15) is 0 Å². The van der Waals surface area contributed by atoms with Crippen LogP contribution in [0.5, 0.6) is 0 Å². The Morgan fingerprint density at radius 1 is 1.69 bits per heavy atom. The summed E-state index contributed by atoms with van der Waals surface area (Å²) in [4.78, 5) is 15.8. The van der Waals surface area contributed by atoms with Crippen molar-refractivity contribution in [2.75, 3.05) is 12.9 Å². The molecule has 0 aliphatic carbocycles. The molecule has 1 atom stereocenters. The molecular formula is C9H15NO2S. The minimum atomic E-state index is -0.654. The number of esters is 1. The van der Waals surface area contributed by atoms with Crippen LogP contribution in [0.3, 0.4) is 0 Å². The fourth-order valence-corrected chi connectivity index (χ4v) is 2.35. The monoisotopic (exact) mass is 201 g/mol. The van der Waals surface area contributed by atoms with Crippen LogP contribution in [0.2, 0.25) is 0 Å². The number of methoxy groups -OCH3 is 1. The Balaban J connectivity index is 2.80. The summed E-state index contributed by atoms with van der Waals surface area (Å²) in [6.07, 6.45) is 0. The van der Waals surface area contributed by atoms with Crippen LogP contribution in [-0.4, -0.2) is 29.4 Å². The molecule has 0 amide bonds. The van der Waals surface area contributed by atoms with Gasteiger partial charge in [-0.25, -0.2) is 4.79 Å².